The van der Waals surface area contributed by atoms with Crippen LogP contribution in [0.2, 0.25) is 0 Å². The van der Waals surface area contributed by atoms with Gasteiger partial charge in [-0.2, -0.15) is 5.26 Å². The number of urea groups is 1. The van der Waals surface area contributed by atoms with E-state index < -0.39 is 29.8 Å². The highest BCUT2D eigenvalue weighted by Crippen LogP contribution is 2.28. The van der Waals surface area contributed by atoms with Gasteiger partial charge in [-0.25, -0.2) is 4.79 Å². The van der Waals surface area contributed by atoms with Crippen LogP contribution in [0.1, 0.15) is 44.7 Å². The molecular weight excluding hydrogens is 414 g/mol. The third kappa shape index (κ3) is 4.04. The molecule has 2 aliphatic rings. The highest BCUT2D eigenvalue weighted by Gasteiger charge is 2.39. The number of nitrogens with one attached hydrogen (secondary N) is 3. The van der Waals surface area contributed by atoms with E-state index in [1.165, 1.54) is 41.3 Å². The average molecular weight is 431 g/mol. The zero-order chi connectivity index (χ0) is 22.8. The van der Waals surface area contributed by atoms with Crippen molar-refractivity contribution in [3.63, 3.8) is 0 Å². The van der Waals surface area contributed by atoms with Crippen molar-refractivity contribution in [1.82, 2.24) is 15.5 Å². The third-order valence-electron chi connectivity index (χ3n) is 5.29. The van der Waals surface area contributed by atoms with E-state index in [0.29, 0.717) is 16.8 Å². The molecule has 0 bridgehead atoms. The molecule has 10 nitrogen and oxygen atoms in total. The van der Waals surface area contributed by atoms with E-state index in [0.717, 1.165) is 0 Å². The van der Waals surface area contributed by atoms with Gasteiger partial charge < -0.3 is 10.2 Å². The number of piperidine rings is 1. The maximum Gasteiger partial charge on any atom is 0.326 e. The smallest absolute Gasteiger partial charge is 0.322 e. The first-order valence-corrected chi connectivity index (χ1v) is 9.76. The van der Waals surface area contributed by atoms with Crippen LogP contribution in [0.3, 0.4) is 0 Å². The quantitative estimate of drug-likeness (QED) is 0.624. The Balaban J connectivity index is 1.43. The molecule has 0 aliphatic carbocycles. The largest absolute Gasteiger partial charge is 0.326 e. The second-order valence-corrected chi connectivity index (χ2v) is 7.37. The molecule has 1 saturated heterocycles. The van der Waals surface area contributed by atoms with Crippen LogP contribution in [0.5, 0.6) is 0 Å². The molecule has 6 amide bonds. The Bertz CT molecular complexity index is 1200. The van der Waals surface area contributed by atoms with Gasteiger partial charge in [-0.05, 0) is 48.4 Å². The number of anilines is 1. The van der Waals surface area contributed by atoms with Gasteiger partial charge in [0.2, 0.25) is 11.8 Å². The number of hydrogen-bond acceptors (Lipinski definition) is 6. The molecule has 1 unspecified atom stereocenters. The van der Waals surface area contributed by atoms with E-state index >= 15 is 0 Å². The molecule has 1 fully saturated rings. The number of imide groups is 2. The third-order valence-corrected chi connectivity index (χ3v) is 5.29. The fraction of sp³-hybridized carbons (Fsp3) is 0.182. The van der Waals surface area contributed by atoms with Crippen LogP contribution in [0.4, 0.5) is 10.5 Å². The zero-order valence-electron chi connectivity index (χ0n) is 16.7. The summed E-state index contributed by atoms with van der Waals surface area (Å²) < 4.78 is 0. The number of nitrogens with zero attached hydrogens (tertiary/aromatic N) is 2. The van der Waals surface area contributed by atoms with Gasteiger partial charge in [0.1, 0.15) is 6.04 Å². The number of amides is 6. The van der Waals surface area contributed by atoms with Gasteiger partial charge in [0.25, 0.3) is 11.8 Å². The molecule has 4 rings (SSSR count). The Morgan fingerprint density at radius 1 is 1.09 bits per heavy atom. The van der Waals surface area contributed by atoms with E-state index in [4.69, 9.17) is 5.26 Å². The topological polar surface area (TPSA) is 148 Å². The van der Waals surface area contributed by atoms with Gasteiger partial charge in [-0.15, -0.1) is 0 Å². The number of carbonyl (C=O) groups is 5. The van der Waals surface area contributed by atoms with Gasteiger partial charge in [0.05, 0.1) is 11.6 Å². The van der Waals surface area contributed by atoms with Crippen LogP contribution in [-0.4, -0.2) is 40.6 Å². The van der Waals surface area contributed by atoms with Crippen LogP contribution in [0.15, 0.2) is 42.5 Å². The van der Waals surface area contributed by atoms with E-state index in [-0.39, 0.29) is 36.4 Å². The minimum Gasteiger partial charge on any atom is -0.322 e. The van der Waals surface area contributed by atoms with Crippen LogP contribution in [-0.2, 0) is 16.1 Å². The summed E-state index contributed by atoms with van der Waals surface area (Å²) in [5, 5.41) is 15.7. The molecular formula is C22H17N5O5. The van der Waals surface area contributed by atoms with Gasteiger partial charge in [-0.3, -0.25) is 29.8 Å². The van der Waals surface area contributed by atoms with Crippen molar-refractivity contribution in [3.8, 4) is 6.07 Å². The Hall–Kier alpha value is -4.52. The normalized spacial score (nSPS) is 17.3. The standard InChI is InChI=1S/C22H17N5O5/c23-10-12-1-5-15(6-2-12)24-22(32)26-19(29)13-3-4-14-11-27(21(31)16(14)9-13)17-7-8-18(28)25-20(17)30/h1-6,9,17H,7-8,11H2,(H,25,28,30)(H2,24,26,29,32). The summed E-state index contributed by atoms with van der Waals surface area (Å²) in [4.78, 5) is 62.3. The van der Waals surface area contributed by atoms with Crippen molar-refractivity contribution in [1.29, 1.82) is 5.26 Å². The average Bonchev–Trinajstić information content (AvgIpc) is 3.10. The highest BCUT2D eigenvalue weighted by atomic mass is 16.2. The van der Waals surface area contributed by atoms with Gasteiger partial charge in [0, 0.05) is 29.8 Å². The number of hydrogen-bond donors (Lipinski definition) is 3. The molecule has 32 heavy (non-hydrogen) atoms. The van der Waals surface area contributed by atoms with E-state index in [1.807, 2.05) is 6.07 Å². The zero-order valence-corrected chi connectivity index (χ0v) is 16.7. The predicted octanol–water partition coefficient (Wildman–Crippen LogP) is 1.28. The Morgan fingerprint density at radius 2 is 1.84 bits per heavy atom. The molecule has 2 aliphatic heterocycles. The summed E-state index contributed by atoms with van der Waals surface area (Å²) in [6, 6.07) is 11.0. The van der Waals surface area contributed by atoms with Gasteiger partial charge >= 0.3 is 6.03 Å². The molecule has 160 valence electrons. The second kappa shape index (κ2) is 8.31. The summed E-state index contributed by atoms with van der Waals surface area (Å²) in [6.45, 7) is 0.196. The van der Waals surface area contributed by atoms with Crippen LogP contribution < -0.4 is 16.0 Å². The molecule has 2 heterocycles. The van der Waals surface area contributed by atoms with Crippen molar-refractivity contribution in [2.75, 3.05) is 5.32 Å². The predicted molar refractivity (Wildman–Crippen MR) is 110 cm³/mol. The van der Waals surface area contributed by atoms with E-state index in [9.17, 15) is 24.0 Å². The van der Waals surface area contributed by atoms with E-state index in [1.54, 1.807) is 6.07 Å². The van der Waals surface area contributed by atoms with Crippen LogP contribution >= 0.6 is 0 Å². The lowest BCUT2D eigenvalue weighted by Crippen LogP contribution is -2.52. The fourth-order valence-electron chi connectivity index (χ4n) is 3.66. The first-order valence-electron chi connectivity index (χ1n) is 9.76. The molecule has 1 atom stereocenters. The molecule has 2 aromatic carbocycles. The molecule has 3 N–H and O–H groups in total. The Kier molecular flexibility index (Phi) is 5.39. The maximum atomic E-state index is 12.8. The number of rotatable bonds is 3. The summed E-state index contributed by atoms with van der Waals surface area (Å²) >= 11 is 0. The van der Waals surface area contributed by atoms with Crippen molar-refractivity contribution in [3.05, 3.63) is 64.7 Å². The fourth-order valence-corrected chi connectivity index (χ4v) is 3.66. The molecule has 0 aromatic heterocycles. The summed E-state index contributed by atoms with van der Waals surface area (Å²) in [7, 11) is 0. The molecule has 2 aromatic rings. The summed E-state index contributed by atoms with van der Waals surface area (Å²) in [6.07, 6.45) is 0.395. The number of nitriles is 1. The summed E-state index contributed by atoms with van der Waals surface area (Å²) in [5.41, 5.74) is 1.87. The minimum atomic E-state index is -0.767. The number of benzene rings is 2. The van der Waals surface area contributed by atoms with Gasteiger partial charge in [-0.1, -0.05) is 6.07 Å². The molecule has 10 heteroatoms. The lowest BCUT2D eigenvalue weighted by molar-refractivity contribution is -0.136. The minimum absolute atomic E-state index is 0.109. The molecule has 0 spiro atoms. The number of carbonyl (C=O) groups excluding carboxylic acids is 5. The van der Waals surface area contributed by atoms with Crippen LogP contribution in [0.25, 0.3) is 0 Å². The van der Waals surface area contributed by atoms with Crippen molar-refractivity contribution >= 4 is 35.3 Å². The molecule has 0 saturated carbocycles. The molecule has 0 radical (unpaired) electrons. The highest BCUT2D eigenvalue weighted by molar-refractivity contribution is 6.10. The Morgan fingerprint density at radius 3 is 2.53 bits per heavy atom. The Labute approximate surface area is 182 Å². The lowest BCUT2D eigenvalue weighted by Gasteiger charge is -2.29. The SMILES string of the molecule is N#Cc1ccc(NC(=O)NC(=O)c2ccc3c(c2)C(=O)N(C2CCC(=O)NC2=O)C3)cc1. The van der Waals surface area contributed by atoms with Crippen molar-refractivity contribution in [2.45, 2.75) is 25.4 Å². The van der Waals surface area contributed by atoms with Gasteiger partial charge in [0.15, 0.2) is 0 Å². The second-order valence-electron chi connectivity index (χ2n) is 7.37. The number of fused-ring (bicyclic) bond motifs is 1. The van der Waals surface area contributed by atoms with Crippen molar-refractivity contribution < 1.29 is 24.0 Å². The van der Waals surface area contributed by atoms with Crippen LogP contribution in [0, 0.1) is 11.3 Å². The monoisotopic (exact) mass is 431 g/mol. The van der Waals surface area contributed by atoms with Crippen molar-refractivity contribution in [2.24, 2.45) is 0 Å². The summed E-state index contributed by atoms with van der Waals surface area (Å²) in [5.74, 6) is -1.99. The first-order chi connectivity index (χ1) is 15.4. The first kappa shape index (κ1) is 20.7. The maximum absolute atomic E-state index is 12.8. The lowest BCUT2D eigenvalue weighted by atomic mass is 10.0. The van der Waals surface area contributed by atoms with E-state index in [2.05, 4.69) is 16.0 Å².